The van der Waals surface area contributed by atoms with E-state index in [1.165, 1.54) is 16.5 Å². The highest BCUT2D eigenvalue weighted by atomic mass is 32.2. The highest BCUT2D eigenvalue weighted by Crippen LogP contribution is 2.46. The molecule has 1 aromatic heterocycles. The van der Waals surface area contributed by atoms with Crippen molar-refractivity contribution < 1.29 is 38.5 Å². The van der Waals surface area contributed by atoms with Crippen LogP contribution in [0, 0.1) is 11.3 Å². The number of pyridine rings is 1. The third-order valence-corrected chi connectivity index (χ3v) is 11.9. The molecule has 0 bridgehead atoms. The van der Waals surface area contributed by atoms with Gasteiger partial charge in [0, 0.05) is 24.8 Å². The van der Waals surface area contributed by atoms with Gasteiger partial charge in [-0.2, -0.15) is 0 Å². The summed E-state index contributed by atoms with van der Waals surface area (Å²) in [6.07, 6.45) is 3.96. The van der Waals surface area contributed by atoms with Crippen molar-refractivity contribution in [1.82, 2.24) is 25.2 Å². The Kier molecular flexibility index (Phi) is 9.39. The number of carbonyl (C=O) groups excluding carboxylic acids is 4. The van der Waals surface area contributed by atoms with Gasteiger partial charge in [0.25, 0.3) is 5.91 Å². The van der Waals surface area contributed by atoms with Crippen LogP contribution >= 0.6 is 0 Å². The lowest BCUT2D eigenvalue weighted by atomic mass is 9.85. The molecule has 1 aliphatic heterocycles. The molecular weight excluding hydrogens is 675 g/mol. The molecule has 3 aliphatic carbocycles. The Morgan fingerprint density at radius 1 is 1.08 bits per heavy atom. The van der Waals surface area contributed by atoms with Crippen LogP contribution in [0.3, 0.4) is 0 Å². The smallest absolute Gasteiger partial charge is 0.408 e. The number of alkyl carbamates (subject to hydrolysis) is 1. The molecule has 5 atom stereocenters. The van der Waals surface area contributed by atoms with Crippen molar-refractivity contribution in [2.75, 3.05) is 6.54 Å². The third-order valence-electron chi connectivity index (χ3n) is 10.1. The van der Waals surface area contributed by atoms with E-state index in [0.29, 0.717) is 18.7 Å². The van der Waals surface area contributed by atoms with E-state index in [4.69, 9.17) is 14.5 Å². The Bertz CT molecular complexity index is 1890. The summed E-state index contributed by atoms with van der Waals surface area (Å²) in [5, 5.41) is 6.79. The van der Waals surface area contributed by atoms with E-state index < -0.39 is 79.7 Å². The highest BCUT2D eigenvalue weighted by molar-refractivity contribution is 7.91. The average molecular weight is 726 g/mol. The molecule has 6 rings (SSSR count). The number of hydrogen-bond donors (Lipinski definition) is 3. The van der Waals surface area contributed by atoms with Crippen LogP contribution in [0.25, 0.3) is 10.8 Å². The van der Waals surface area contributed by atoms with Crippen molar-refractivity contribution in [2.24, 2.45) is 11.3 Å². The summed E-state index contributed by atoms with van der Waals surface area (Å²) in [7, 11) is -3.89. The molecule has 3 N–H and O–H groups in total. The second-order valence-corrected chi connectivity index (χ2v) is 18.3. The third kappa shape index (κ3) is 7.56. The zero-order valence-corrected chi connectivity index (χ0v) is 31.0. The molecule has 51 heavy (non-hydrogen) atoms. The molecule has 2 aromatic rings. The van der Waals surface area contributed by atoms with Crippen LogP contribution in [0.4, 0.5) is 4.79 Å². The molecule has 0 spiro atoms. The summed E-state index contributed by atoms with van der Waals surface area (Å²) in [4.78, 5) is 61.5. The number of nitrogens with one attached hydrogen (secondary N) is 3. The fourth-order valence-electron chi connectivity index (χ4n) is 7.14. The van der Waals surface area contributed by atoms with Crippen LogP contribution in [0.5, 0.6) is 5.88 Å². The van der Waals surface area contributed by atoms with Gasteiger partial charge in [-0.1, -0.05) is 45.0 Å². The Hall–Kier alpha value is -4.20. The van der Waals surface area contributed by atoms with E-state index in [9.17, 15) is 27.6 Å². The van der Waals surface area contributed by atoms with Gasteiger partial charge in [-0.3, -0.25) is 19.1 Å². The number of ether oxygens (including phenoxy) is 2. The number of amides is 4. The average Bonchev–Trinajstić information content (AvgIpc) is 3.92. The van der Waals surface area contributed by atoms with Gasteiger partial charge in [0.1, 0.15) is 29.3 Å². The van der Waals surface area contributed by atoms with Crippen molar-refractivity contribution in [3.05, 3.63) is 48.2 Å². The van der Waals surface area contributed by atoms with E-state index in [2.05, 4.69) is 21.9 Å². The first-order chi connectivity index (χ1) is 23.8. The predicted molar refractivity (Wildman–Crippen MR) is 192 cm³/mol. The standard InChI is InChI=1S/C37H49N5O8S.H2/c1-8-21-19-37(21,33(45)41-51(47,48)23-16-17-23)40-30(43)28-18-22(49-31-26-13-10-9-12-24(26)25-14-11-15-27(25)38-31)20-42(28)32(44)29(35(2,3)4)39-34(46)50-36(5,6)7;/h8-10,12-13,21-23,28-29H,1,11,14-20H2,2-7H3,(H,39,46)(H,40,43)(H,41,45);1H/t21?,22-,28+,29-,37-;/m1./s1. The van der Waals surface area contributed by atoms with Gasteiger partial charge >= 0.3 is 6.09 Å². The van der Waals surface area contributed by atoms with Crippen molar-refractivity contribution in [3.63, 3.8) is 0 Å². The number of carbonyl (C=O) groups is 4. The van der Waals surface area contributed by atoms with Gasteiger partial charge in [0.2, 0.25) is 27.7 Å². The number of benzene rings is 1. The second-order valence-electron chi connectivity index (χ2n) is 16.4. The molecule has 4 amide bonds. The molecule has 2 heterocycles. The van der Waals surface area contributed by atoms with E-state index >= 15 is 0 Å². The molecule has 2 saturated carbocycles. The lowest BCUT2D eigenvalue weighted by Crippen LogP contribution is -2.60. The van der Waals surface area contributed by atoms with E-state index in [-0.39, 0.29) is 20.8 Å². The van der Waals surface area contributed by atoms with Gasteiger partial charge in [-0.25, -0.2) is 18.2 Å². The van der Waals surface area contributed by atoms with Crippen LogP contribution in [0.1, 0.15) is 86.3 Å². The molecule has 4 aliphatic rings. The minimum Gasteiger partial charge on any atom is -0.472 e. The van der Waals surface area contributed by atoms with Crippen LogP contribution < -0.4 is 20.1 Å². The number of likely N-dealkylation sites (tertiary alicyclic amines) is 1. The second kappa shape index (κ2) is 13.1. The Morgan fingerprint density at radius 2 is 1.76 bits per heavy atom. The molecule has 1 saturated heterocycles. The van der Waals surface area contributed by atoms with Crippen molar-refractivity contribution in [2.45, 2.75) is 121 Å². The summed E-state index contributed by atoms with van der Waals surface area (Å²) in [5.74, 6) is -2.10. The Labute approximate surface area is 300 Å². The maximum Gasteiger partial charge on any atom is 0.408 e. The summed E-state index contributed by atoms with van der Waals surface area (Å²) < 4.78 is 39.6. The number of aromatic nitrogens is 1. The largest absolute Gasteiger partial charge is 0.472 e. The number of fused-ring (bicyclic) bond motifs is 3. The van der Waals surface area contributed by atoms with Crippen molar-refractivity contribution in [1.29, 1.82) is 0 Å². The molecule has 1 aromatic carbocycles. The SMILES string of the molecule is C=CC1C[C@]1(NC(=O)[C@@H]1C[C@@H](Oc2nc3c(c4ccccc24)CCC3)CN1C(=O)[C@@H](NC(=O)OC(C)(C)C)C(C)(C)C)C(=O)NS(=O)(=O)C1CC1.[HH]. The van der Waals surface area contributed by atoms with Gasteiger partial charge in [0.15, 0.2) is 0 Å². The summed E-state index contributed by atoms with van der Waals surface area (Å²) >= 11 is 0. The minimum atomic E-state index is -3.89. The monoisotopic (exact) mass is 725 g/mol. The maximum atomic E-state index is 14.5. The zero-order chi connectivity index (χ0) is 37.1. The van der Waals surface area contributed by atoms with Crippen molar-refractivity contribution >= 4 is 44.6 Å². The molecule has 13 nitrogen and oxygen atoms in total. The van der Waals surface area contributed by atoms with Gasteiger partial charge in [-0.05, 0) is 81.7 Å². The molecule has 0 radical (unpaired) electrons. The van der Waals surface area contributed by atoms with Crippen LogP contribution in [-0.2, 0) is 42.0 Å². The molecule has 3 fully saturated rings. The lowest BCUT2D eigenvalue weighted by Gasteiger charge is -2.36. The summed E-state index contributed by atoms with van der Waals surface area (Å²) in [6, 6.07) is 5.66. The van der Waals surface area contributed by atoms with Gasteiger partial charge in [0.05, 0.1) is 11.8 Å². The quantitative estimate of drug-likeness (QED) is 0.307. The van der Waals surface area contributed by atoms with Crippen molar-refractivity contribution in [3.8, 4) is 5.88 Å². The summed E-state index contributed by atoms with van der Waals surface area (Å²) in [6.45, 7) is 14.3. The van der Waals surface area contributed by atoms with Crippen LogP contribution in [0.15, 0.2) is 36.9 Å². The highest BCUT2D eigenvalue weighted by Gasteiger charge is 2.62. The first kappa shape index (κ1) is 36.6. The molecule has 278 valence electrons. The molecule has 14 heteroatoms. The maximum absolute atomic E-state index is 14.5. The Morgan fingerprint density at radius 3 is 2.37 bits per heavy atom. The van der Waals surface area contributed by atoms with Gasteiger partial charge < -0.3 is 25.0 Å². The van der Waals surface area contributed by atoms with Crippen LogP contribution in [-0.4, -0.2) is 83.2 Å². The molecule has 1 unspecified atom stereocenters. The van der Waals surface area contributed by atoms with E-state index in [0.717, 1.165) is 35.7 Å². The van der Waals surface area contributed by atoms with E-state index in [1.54, 1.807) is 41.5 Å². The first-order valence-corrected chi connectivity index (χ1v) is 19.3. The molecular formula is C37H51N5O8S. The lowest BCUT2D eigenvalue weighted by molar-refractivity contribution is -0.143. The summed E-state index contributed by atoms with van der Waals surface area (Å²) in [5.41, 5.74) is -0.979. The number of rotatable bonds is 10. The Balaban J connectivity index is 0.00000523. The number of nitrogens with zero attached hydrogens (tertiary/aromatic N) is 2. The normalized spacial score (nSPS) is 25.1. The fraction of sp³-hybridized carbons (Fsp3) is 0.595. The minimum absolute atomic E-state index is 0. The fourth-order valence-corrected chi connectivity index (χ4v) is 8.50. The topological polar surface area (TPSA) is 173 Å². The number of aryl methyl sites for hydroxylation is 2. The van der Waals surface area contributed by atoms with Crippen LogP contribution in [0.2, 0.25) is 0 Å². The predicted octanol–water partition coefficient (Wildman–Crippen LogP) is 3.93. The first-order valence-electron chi connectivity index (χ1n) is 17.7. The van der Waals surface area contributed by atoms with E-state index in [1.807, 2.05) is 24.3 Å². The number of hydrogen-bond acceptors (Lipinski definition) is 9. The zero-order valence-electron chi connectivity index (χ0n) is 30.2. The number of sulfonamides is 1. The van der Waals surface area contributed by atoms with Gasteiger partial charge in [-0.15, -0.1) is 6.58 Å².